The van der Waals surface area contributed by atoms with Crippen LogP contribution in [0, 0.1) is 5.92 Å². The van der Waals surface area contributed by atoms with Gasteiger partial charge in [0.2, 0.25) is 0 Å². The van der Waals surface area contributed by atoms with Crippen molar-refractivity contribution >= 4 is 34.1 Å². The third kappa shape index (κ3) is 3.20. The van der Waals surface area contributed by atoms with Crippen molar-refractivity contribution in [1.29, 1.82) is 0 Å². The molecule has 0 aliphatic rings. The Morgan fingerprint density at radius 2 is 2.19 bits per heavy atom. The van der Waals surface area contributed by atoms with Crippen LogP contribution in [-0.2, 0) is 0 Å². The lowest BCUT2D eigenvalue weighted by atomic mass is 10.0. The van der Waals surface area contributed by atoms with Gasteiger partial charge in [-0.15, -0.1) is 0 Å². The van der Waals surface area contributed by atoms with Crippen molar-refractivity contribution in [2.45, 2.75) is 13.8 Å². The summed E-state index contributed by atoms with van der Waals surface area (Å²) in [6.07, 6.45) is 1.93. The van der Waals surface area contributed by atoms with Crippen LogP contribution in [0.1, 0.15) is 18.7 Å². The summed E-state index contributed by atoms with van der Waals surface area (Å²) in [4.78, 5) is 7.06. The summed E-state index contributed by atoms with van der Waals surface area (Å²) in [5.41, 5.74) is 0.968. The van der Waals surface area contributed by atoms with Crippen LogP contribution >= 0.6 is 22.9 Å². The van der Waals surface area contributed by atoms with Gasteiger partial charge >= 0.3 is 0 Å². The van der Waals surface area contributed by atoms with E-state index in [1.54, 1.807) is 0 Å². The van der Waals surface area contributed by atoms with E-state index in [9.17, 15) is 5.11 Å². The molecule has 0 aromatic carbocycles. The van der Waals surface area contributed by atoms with Gasteiger partial charge in [0.1, 0.15) is 5.15 Å². The molecule has 90 valence electrons. The second kappa shape index (κ2) is 5.66. The number of halogens is 1. The zero-order valence-corrected chi connectivity index (χ0v) is 11.6. The Bertz CT molecular complexity index is 385. The molecule has 0 amide bonds. The fourth-order valence-electron chi connectivity index (χ4n) is 1.15. The summed E-state index contributed by atoms with van der Waals surface area (Å²) in [6.45, 7) is 4.15. The molecular formula is C11H17ClN2OS. The number of aliphatic hydroxyl groups excluding tert-OH is 1. The minimum Gasteiger partial charge on any atom is -0.392 e. The maximum Gasteiger partial charge on any atom is 0.186 e. The second-order valence-corrected chi connectivity index (χ2v) is 5.45. The molecule has 0 spiro atoms. The van der Waals surface area contributed by atoms with E-state index in [0.29, 0.717) is 11.1 Å². The van der Waals surface area contributed by atoms with Crippen molar-refractivity contribution in [3.05, 3.63) is 15.6 Å². The van der Waals surface area contributed by atoms with Gasteiger partial charge in [-0.2, -0.15) is 0 Å². The standard InChI is InChI=1S/C11H17ClN2OS/c1-7(2)8(6-15)5-9-10(12)13-11(16-9)14(3)4/h5,7,15H,6H2,1-4H3. The highest BCUT2D eigenvalue weighted by molar-refractivity contribution is 7.17. The van der Waals surface area contributed by atoms with Gasteiger partial charge < -0.3 is 10.0 Å². The van der Waals surface area contributed by atoms with E-state index < -0.39 is 0 Å². The minimum absolute atomic E-state index is 0.0587. The largest absolute Gasteiger partial charge is 0.392 e. The summed E-state index contributed by atoms with van der Waals surface area (Å²) in [5.74, 6) is 0.311. The average molecular weight is 261 g/mol. The summed E-state index contributed by atoms with van der Waals surface area (Å²) in [7, 11) is 3.86. The number of aliphatic hydroxyl groups is 1. The maximum absolute atomic E-state index is 9.23. The molecule has 1 heterocycles. The lowest BCUT2D eigenvalue weighted by Crippen LogP contribution is -2.07. The smallest absolute Gasteiger partial charge is 0.186 e. The summed E-state index contributed by atoms with van der Waals surface area (Å²) < 4.78 is 0. The molecule has 1 rings (SSSR count). The Morgan fingerprint density at radius 1 is 1.56 bits per heavy atom. The SMILES string of the molecule is CC(C)C(=Cc1sc(N(C)C)nc1Cl)CO. The summed E-state index contributed by atoms with van der Waals surface area (Å²) in [6, 6.07) is 0. The monoisotopic (exact) mass is 260 g/mol. The zero-order chi connectivity index (χ0) is 12.3. The topological polar surface area (TPSA) is 36.4 Å². The Morgan fingerprint density at radius 3 is 2.56 bits per heavy atom. The van der Waals surface area contributed by atoms with Crippen LogP contribution in [0.25, 0.3) is 6.08 Å². The van der Waals surface area contributed by atoms with Crippen LogP contribution in [0.5, 0.6) is 0 Å². The van der Waals surface area contributed by atoms with E-state index in [1.807, 2.05) is 38.9 Å². The van der Waals surface area contributed by atoms with Crippen LogP contribution < -0.4 is 4.90 Å². The molecule has 1 N–H and O–H groups in total. The number of thiazole rings is 1. The highest BCUT2D eigenvalue weighted by Gasteiger charge is 2.10. The van der Waals surface area contributed by atoms with Gasteiger partial charge in [0, 0.05) is 14.1 Å². The summed E-state index contributed by atoms with van der Waals surface area (Å²) >= 11 is 7.57. The molecule has 0 unspecified atom stereocenters. The molecule has 0 radical (unpaired) electrons. The molecule has 3 nitrogen and oxygen atoms in total. The molecule has 0 aliphatic carbocycles. The van der Waals surface area contributed by atoms with Crippen molar-refractivity contribution in [1.82, 2.24) is 4.98 Å². The molecule has 5 heteroatoms. The first-order chi connectivity index (χ1) is 7.45. The molecule has 0 aliphatic heterocycles. The van der Waals surface area contributed by atoms with Gasteiger partial charge in [-0.25, -0.2) is 4.98 Å². The fraction of sp³-hybridized carbons (Fsp3) is 0.545. The van der Waals surface area contributed by atoms with Crippen LogP contribution in [0.4, 0.5) is 5.13 Å². The van der Waals surface area contributed by atoms with Crippen molar-refractivity contribution < 1.29 is 5.11 Å². The molecular weight excluding hydrogens is 244 g/mol. The molecule has 0 atom stereocenters. The molecule has 0 bridgehead atoms. The van der Waals surface area contributed by atoms with E-state index in [0.717, 1.165) is 15.6 Å². The Balaban J connectivity index is 3.04. The third-order valence-electron chi connectivity index (χ3n) is 2.22. The highest BCUT2D eigenvalue weighted by Crippen LogP contribution is 2.31. The number of aromatic nitrogens is 1. The van der Waals surface area contributed by atoms with Crippen LogP contribution in [-0.4, -0.2) is 30.8 Å². The van der Waals surface area contributed by atoms with Crippen molar-refractivity contribution in [2.24, 2.45) is 5.92 Å². The molecule has 0 saturated carbocycles. The van der Waals surface area contributed by atoms with Crippen LogP contribution in [0.2, 0.25) is 5.15 Å². The van der Waals surface area contributed by atoms with Gasteiger partial charge in [0.25, 0.3) is 0 Å². The first kappa shape index (κ1) is 13.5. The fourth-order valence-corrected chi connectivity index (χ4v) is 2.30. The van der Waals surface area contributed by atoms with Gasteiger partial charge in [0.15, 0.2) is 5.13 Å². The zero-order valence-electron chi connectivity index (χ0n) is 9.99. The van der Waals surface area contributed by atoms with Crippen molar-refractivity contribution in [2.75, 3.05) is 25.6 Å². The number of hydrogen-bond acceptors (Lipinski definition) is 4. The minimum atomic E-state index is 0.0587. The molecule has 1 aromatic rings. The van der Waals surface area contributed by atoms with E-state index in [4.69, 9.17) is 11.6 Å². The predicted molar refractivity (Wildman–Crippen MR) is 71.4 cm³/mol. The number of rotatable bonds is 4. The quantitative estimate of drug-likeness (QED) is 0.904. The first-order valence-corrected chi connectivity index (χ1v) is 6.30. The molecule has 16 heavy (non-hydrogen) atoms. The van der Waals surface area contributed by atoms with Crippen LogP contribution in [0.3, 0.4) is 0 Å². The average Bonchev–Trinajstić information content (AvgIpc) is 2.56. The molecule has 0 fully saturated rings. The van der Waals surface area contributed by atoms with Gasteiger partial charge in [-0.1, -0.05) is 36.8 Å². The van der Waals surface area contributed by atoms with Crippen molar-refractivity contribution in [3.8, 4) is 0 Å². The predicted octanol–water partition coefficient (Wildman–Crippen LogP) is 2.89. The van der Waals surface area contributed by atoms with E-state index in [1.165, 1.54) is 11.3 Å². The van der Waals surface area contributed by atoms with Crippen LogP contribution in [0.15, 0.2) is 5.57 Å². The summed E-state index contributed by atoms with van der Waals surface area (Å²) in [5, 5.41) is 10.6. The highest BCUT2D eigenvalue weighted by atomic mass is 35.5. The first-order valence-electron chi connectivity index (χ1n) is 5.10. The Kier molecular flexibility index (Phi) is 4.77. The molecule has 1 aromatic heterocycles. The maximum atomic E-state index is 9.23. The normalized spacial score (nSPS) is 12.3. The van der Waals surface area contributed by atoms with Crippen molar-refractivity contribution in [3.63, 3.8) is 0 Å². The Labute approximate surface area is 105 Å². The number of nitrogens with zero attached hydrogens (tertiary/aromatic N) is 2. The lowest BCUT2D eigenvalue weighted by Gasteiger charge is -2.07. The van der Waals surface area contributed by atoms with Gasteiger partial charge in [-0.05, 0) is 17.6 Å². The number of anilines is 1. The lowest BCUT2D eigenvalue weighted by molar-refractivity contribution is 0.320. The number of hydrogen-bond donors (Lipinski definition) is 1. The van der Waals surface area contributed by atoms with Gasteiger partial charge in [0.05, 0.1) is 11.5 Å². The van der Waals surface area contributed by atoms with Gasteiger partial charge in [-0.3, -0.25) is 0 Å². The second-order valence-electron chi connectivity index (χ2n) is 4.08. The Hall–Kier alpha value is -0.580. The van der Waals surface area contributed by atoms with E-state index in [-0.39, 0.29) is 6.61 Å². The van der Waals surface area contributed by atoms with E-state index in [2.05, 4.69) is 4.98 Å². The van der Waals surface area contributed by atoms with E-state index >= 15 is 0 Å². The molecule has 0 saturated heterocycles. The third-order valence-corrected chi connectivity index (χ3v) is 3.79.